The number of pyridine rings is 1. The number of hydrogen-bond donors (Lipinski definition) is 0. The highest BCUT2D eigenvalue weighted by Crippen LogP contribution is 2.30. The summed E-state index contributed by atoms with van der Waals surface area (Å²) in [6.07, 6.45) is 4.41. The summed E-state index contributed by atoms with van der Waals surface area (Å²) in [7, 11) is 0. The van der Waals surface area contributed by atoms with Crippen molar-refractivity contribution in [3.63, 3.8) is 0 Å². The van der Waals surface area contributed by atoms with Crippen LogP contribution < -0.4 is 0 Å². The van der Waals surface area contributed by atoms with Gasteiger partial charge in [0.15, 0.2) is 0 Å². The molecule has 0 fully saturated rings. The van der Waals surface area contributed by atoms with E-state index in [1.165, 1.54) is 29.5 Å². The van der Waals surface area contributed by atoms with E-state index in [1.807, 2.05) is 0 Å². The molecule has 0 amide bonds. The lowest BCUT2D eigenvalue weighted by Gasteiger charge is -2.18. The van der Waals surface area contributed by atoms with Crippen molar-refractivity contribution in [2.24, 2.45) is 0 Å². The Labute approximate surface area is 107 Å². The Hall–Kier alpha value is -1.88. The molecule has 0 radical (unpaired) electrons. The minimum Gasteiger partial charge on any atom is -0.252 e. The van der Waals surface area contributed by atoms with E-state index < -0.39 is 0 Å². The van der Waals surface area contributed by atoms with Crippen molar-refractivity contribution in [1.29, 1.82) is 5.26 Å². The quantitative estimate of drug-likeness (QED) is 0.700. The van der Waals surface area contributed by atoms with Gasteiger partial charge in [0.1, 0.15) is 6.07 Å². The molecule has 3 rings (SSSR count). The molecule has 0 atom stereocenters. The largest absolute Gasteiger partial charge is 0.252 e. The van der Waals surface area contributed by atoms with Crippen LogP contribution in [0.15, 0.2) is 12.1 Å². The van der Waals surface area contributed by atoms with E-state index in [4.69, 9.17) is 4.98 Å². The normalized spacial score (nSPS) is 14.3. The van der Waals surface area contributed by atoms with Crippen LogP contribution in [-0.4, -0.2) is 4.98 Å². The van der Waals surface area contributed by atoms with Crippen molar-refractivity contribution in [1.82, 2.24) is 4.98 Å². The second kappa shape index (κ2) is 4.10. The third-order valence-corrected chi connectivity index (χ3v) is 3.81. The van der Waals surface area contributed by atoms with E-state index in [-0.39, 0.29) is 0 Å². The lowest BCUT2D eigenvalue weighted by molar-refractivity contribution is 0.670. The lowest BCUT2D eigenvalue weighted by atomic mass is 9.89. The Balaban J connectivity index is 2.45. The topological polar surface area (TPSA) is 36.7 Å². The number of hydrogen-bond acceptors (Lipinski definition) is 2. The Morgan fingerprint density at radius 3 is 2.72 bits per heavy atom. The van der Waals surface area contributed by atoms with E-state index >= 15 is 0 Å². The molecule has 0 unspecified atom stereocenters. The number of benzene rings is 1. The van der Waals surface area contributed by atoms with Crippen molar-refractivity contribution in [3.8, 4) is 6.07 Å². The van der Waals surface area contributed by atoms with Crippen molar-refractivity contribution in [2.45, 2.75) is 39.5 Å². The highest BCUT2D eigenvalue weighted by Gasteiger charge is 2.18. The number of nitrogens with zero attached hydrogens (tertiary/aromatic N) is 2. The molecule has 0 saturated carbocycles. The van der Waals surface area contributed by atoms with Crippen LogP contribution in [0.2, 0.25) is 0 Å². The van der Waals surface area contributed by atoms with Gasteiger partial charge in [-0.2, -0.15) is 5.26 Å². The Kier molecular flexibility index (Phi) is 2.56. The second-order valence-corrected chi connectivity index (χ2v) is 5.21. The smallest absolute Gasteiger partial charge is 0.100 e. The van der Waals surface area contributed by atoms with Gasteiger partial charge in [0.2, 0.25) is 0 Å². The molecule has 2 nitrogen and oxygen atoms in total. The third kappa shape index (κ3) is 1.59. The summed E-state index contributed by atoms with van der Waals surface area (Å²) in [5.74, 6) is 0. The zero-order valence-corrected chi connectivity index (χ0v) is 10.9. The molecule has 0 N–H and O–H groups in total. The average Bonchev–Trinajstić information content (AvgIpc) is 2.36. The average molecular weight is 236 g/mol. The summed E-state index contributed by atoms with van der Waals surface area (Å²) < 4.78 is 0. The first kappa shape index (κ1) is 11.2. The molecule has 0 spiro atoms. The number of aromatic nitrogens is 1. The Bertz CT molecular complexity index is 678. The summed E-state index contributed by atoms with van der Waals surface area (Å²) >= 11 is 0. The fourth-order valence-electron chi connectivity index (χ4n) is 3.01. The van der Waals surface area contributed by atoms with Crippen LogP contribution in [-0.2, 0) is 12.8 Å². The number of nitriles is 1. The summed E-state index contributed by atoms with van der Waals surface area (Å²) in [4.78, 5) is 4.81. The molecule has 1 aliphatic carbocycles. The molecular formula is C16H16N2. The van der Waals surface area contributed by atoms with Crippen molar-refractivity contribution >= 4 is 10.9 Å². The van der Waals surface area contributed by atoms with E-state index in [1.54, 1.807) is 0 Å². The molecule has 1 aliphatic rings. The SMILES string of the molecule is Cc1cc(C)c2nc3c(c(C#N)c2c1)CCCC3. The minimum absolute atomic E-state index is 0.862. The number of fused-ring (bicyclic) bond motifs is 2. The summed E-state index contributed by atoms with van der Waals surface area (Å²) in [6.45, 7) is 4.16. The van der Waals surface area contributed by atoms with Gasteiger partial charge in [-0.05, 0) is 56.7 Å². The maximum absolute atomic E-state index is 9.50. The summed E-state index contributed by atoms with van der Waals surface area (Å²) in [5, 5.41) is 10.5. The highest BCUT2D eigenvalue weighted by atomic mass is 14.7. The van der Waals surface area contributed by atoms with Crippen LogP contribution in [0, 0.1) is 25.2 Å². The second-order valence-electron chi connectivity index (χ2n) is 5.21. The van der Waals surface area contributed by atoms with Gasteiger partial charge in [0.25, 0.3) is 0 Å². The monoisotopic (exact) mass is 236 g/mol. The van der Waals surface area contributed by atoms with Gasteiger partial charge >= 0.3 is 0 Å². The maximum atomic E-state index is 9.50. The fraction of sp³-hybridized carbons (Fsp3) is 0.375. The van der Waals surface area contributed by atoms with Crippen LogP contribution in [0.5, 0.6) is 0 Å². The first-order valence-corrected chi connectivity index (χ1v) is 6.53. The molecule has 0 bridgehead atoms. The zero-order chi connectivity index (χ0) is 12.7. The number of rotatable bonds is 0. The number of aryl methyl sites for hydroxylation is 3. The van der Waals surface area contributed by atoms with Gasteiger partial charge in [-0.1, -0.05) is 11.6 Å². The molecule has 0 aliphatic heterocycles. The Morgan fingerprint density at radius 2 is 1.94 bits per heavy atom. The van der Waals surface area contributed by atoms with Crippen LogP contribution in [0.4, 0.5) is 0 Å². The molecule has 2 heteroatoms. The van der Waals surface area contributed by atoms with Gasteiger partial charge < -0.3 is 0 Å². The van der Waals surface area contributed by atoms with Crippen molar-refractivity contribution in [2.75, 3.05) is 0 Å². The lowest BCUT2D eigenvalue weighted by Crippen LogP contribution is -2.09. The molecule has 2 aromatic rings. The standard InChI is InChI=1S/C16H16N2/c1-10-7-11(2)16-13(8-10)14(9-17)12-5-3-4-6-15(12)18-16/h7-8H,3-6H2,1-2H3. The third-order valence-electron chi connectivity index (χ3n) is 3.81. The van der Waals surface area contributed by atoms with Gasteiger partial charge in [-0.25, -0.2) is 0 Å². The van der Waals surface area contributed by atoms with E-state index in [2.05, 4.69) is 32.0 Å². The van der Waals surface area contributed by atoms with Gasteiger partial charge in [0, 0.05) is 11.1 Å². The van der Waals surface area contributed by atoms with Crippen molar-refractivity contribution in [3.05, 3.63) is 40.1 Å². The molecule has 1 aromatic heterocycles. The molecule has 1 heterocycles. The van der Waals surface area contributed by atoms with Gasteiger partial charge in [-0.15, -0.1) is 0 Å². The fourth-order valence-corrected chi connectivity index (χ4v) is 3.01. The first-order chi connectivity index (χ1) is 8.70. The van der Waals surface area contributed by atoms with E-state index in [9.17, 15) is 5.26 Å². The summed E-state index contributed by atoms with van der Waals surface area (Å²) in [6, 6.07) is 6.66. The Morgan fingerprint density at radius 1 is 1.17 bits per heavy atom. The van der Waals surface area contributed by atoms with Gasteiger partial charge in [-0.3, -0.25) is 4.98 Å². The molecule has 1 aromatic carbocycles. The molecule has 90 valence electrons. The minimum atomic E-state index is 0.862. The van der Waals surface area contributed by atoms with Crippen LogP contribution in [0.25, 0.3) is 10.9 Å². The molecular weight excluding hydrogens is 220 g/mol. The van der Waals surface area contributed by atoms with E-state index in [0.29, 0.717) is 0 Å². The van der Waals surface area contributed by atoms with Gasteiger partial charge in [0.05, 0.1) is 11.1 Å². The molecule has 0 saturated heterocycles. The predicted molar refractivity (Wildman–Crippen MR) is 72.6 cm³/mol. The predicted octanol–water partition coefficient (Wildman–Crippen LogP) is 3.60. The maximum Gasteiger partial charge on any atom is 0.100 e. The first-order valence-electron chi connectivity index (χ1n) is 6.53. The highest BCUT2D eigenvalue weighted by molar-refractivity contribution is 5.89. The summed E-state index contributed by atoms with van der Waals surface area (Å²) in [5.41, 5.74) is 6.60. The van der Waals surface area contributed by atoms with Crippen molar-refractivity contribution < 1.29 is 0 Å². The molecule has 18 heavy (non-hydrogen) atoms. The van der Waals surface area contributed by atoms with Crippen LogP contribution in [0.3, 0.4) is 0 Å². The van der Waals surface area contributed by atoms with Crippen LogP contribution in [0.1, 0.15) is 40.8 Å². The van der Waals surface area contributed by atoms with E-state index in [0.717, 1.165) is 35.0 Å². The zero-order valence-electron chi connectivity index (χ0n) is 10.9. The van der Waals surface area contributed by atoms with Crippen LogP contribution >= 0.6 is 0 Å².